The molecule has 2 heteroatoms. The fourth-order valence-corrected chi connectivity index (χ4v) is 3.15. The van der Waals surface area contributed by atoms with Crippen LogP contribution in [0, 0.1) is 19.8 Å². The number of aliphatic hydroxyl groups excluding tert-OH is 1. The van der Waals surface area contributed by atoms with Crippen LogP contribution in [-0.4, -0.2) is 17.8 Å². The molecule has 0 spiro atoms. The molecular weight excluding hydrogens is 222 g/mol. The average Bonchev–Trinajstić information content (AvgIpc) is 2.75. The zero-order chi connectivity index (χ0) is 13.1. The van der Waals surface area contributed by atoms with E-state index in [-0.39, 0.29) is 0 Å². The van der Waals surface area contributed by atoms with Gasteiger partial charge in [0.05, 0.1) is 0 Å². The quantitative estimate of drug-likeness (QED) is 0.857. The third-order valence-electron chi connectivity index (χ3n) is 4.10. The molecule has 2 nitrogen and oxygen atoms in total. The van der Waals surface area contributed by atoms with Crippen LogP contribution in [0.15, 0.2) is 18.2 Å². The Bertz CT molecular complexity index is 382. The van der Waals surface area contributed by atoms with Crippen LogP contribution in [0.3, 0.4) is 0 Å². The summed E-state index contributed by atoms with van der Waals surface area (Å²) >= 11 is 0. The molecule has 1 aromatic carbocycles. The number of hydrogen-bond acceptors (Lipinski definition) is 2. The highest BCUT2D eigenvalue weighted by Gasteiger charge is 2.27. The van der Waals surface area contributed by atoms with E-state index < -0.39 is 0 Å². The van der Waals surface area contributed by atoms with Crippen LogP contribution < -0.4 is 5.32 Å². The summed E-state index contributed by atoms with van der Waals surface area (Å²) in [5.74, 6) is 0.443. The first kappa shape index (κ1) is 13.6. The van der Waals surface area contributed by atoms with E-state index in [9.17, 15) is 5.11 Å². The fraction of sp³-hybridized carbons (Fsp3) is 0.625. The van der Waals surface area contributed by atoms with Gasteiger partial charge in [-0.25, -0.2) is 0 Å². The van der Waals surface area contributed by atoms with E-state index >= 15 is 0 Å². The SMILES string of the molecule is Cc1cc(C)cc(C(C)NC2CCCC2CO)c1. The van der Waals surface area contributed by atoms with E-state index in [4.69, 9.17) is 0 Å². The van der Waals surface area contributed by atoms with Gasteiger partial charge in [0.15, 0.2) is 0 Å². The van der Waals surface area contributed by atoms with Gasteiger partial charge in [0.1, 0.15) is 0 Å². The van der Waals surface area contributed by atoms with Gasteiger partial charge in [-0.05, 0) is 45.1 Å². The van der Waals surface area contributed by atoms with Crippen LogP contribution >= 0.6 is 0 Å². The van der Waals surface area contributed by atoms with Gasteiger partial charge in [-0.2, -0.15) is 0 Å². The molecule has 1 saturated carbocycles. The smallest absolute Gasteiger partial charge is 0.0474 e. The van der Waals surface area contributed by atoms with Gasteiger partial charge >= 0.3 is 0 Å². The Morgan fingerprint density at radius 3 is 2.50 bits per heavy atom. The zero-order valence-corrected chi connectivity index (χ0v) is 11.7. The molecule has 1 fully saturated rings. The minimum atomic E-state index is 0.317. The third kappa shape index (κ3) is 3.12. The summed E-state index contributed by atoms with van der Waals surface area (Å²) in [4.78, 5) is 0. The topological polar surface area (TPSA) is 32.3 Å². The predicted molar refractivity (Wildman–Crippen MR) is 75.7 cm³/mol. The third-order valence-corrected chi connectivity index (χ3v) is 4.10. The van der Waals surface area contributed by atoms with Crippen molar-refractivity contribution >= 4 is 0 Å². The standard InChI is InChI=1S/C16H25NO/c1-11-7-12(2)9-15(8-11)13(3)17-16-6-4-5-14(16)10-18/h7-9,13-14,16-18H,4-6,10H2,1-3H3. The lowest BCUT2D eigenvalue weighted by Crippen LogP contribution is -2.35. The molecule has 1 aliphatic rings. The maximum absolute atomic E-state index is 9.37. The first-order valence-electron chi connectivity index (χ1n) is 7.05. The van der Waals surface area contributed by atoms with Crippen molar-refractivity contribution in [3.05, 3.63) is 34.9 Å². The summed E-state index contributed by atoms with van der Waals surface area (Å²) < 4.78 is 0. The van der Waals surface area contributed by atoms with Gasteiger partial charge in [0, 0.05) is 18.7 Å². The maximum Gasteiger partial charge on any atom is 0.0474 e. The minimum absolute atomic E-state index is 0.317. The molecule has 2 N–H and O–H groups in total. The second-order valence-electron chi connectivity index (χ2n) is 5.79. The molecule has 0 aliphatic heterocycles. The molecule has 3 unspecified atom stereocenters. The van der Waals surface area contributed by atoms with Gasteiger partial charge in [-0.3, -0.25) is 0 Å². The molecular formula is C16H25NO. The second kappa shape index (κ2) is 5.85. The Kier molecular flexibility index (Phi) is 4.41. The number of benzene rings is 1. The number of rotatable bonds is 4. The van der Waals surface area contributed by atoms with E-state index in [0.717, 1.165) is 6.42 Å². The number of aryl methyl sites for hydroxylation is 2. The molecule has 0 saturated heterocycles. The lowest BCUT2D eigenvalue weighted by molar-refractivity contribution is 0.200. The van der Waals surface area contributed by atoms with Crippen molar-refractivity contribution in [1.29, 1.82) is 0 Å². The summed E-state index contributed by atoms with van der Waals surface area (Å²) in [5, 5.41) is 13.1. The first-order chi connectivity index (χ1) is 8.60. The second-order valence-corrected chi connectivity index (χ2v) is 5.79. The van der Waals surface area contributed by atoms with E-state index in [0.29, 0.717) is 24.6 Å². The van der Waals surface area contributed by atoms with E-state index in [1.165, 1.54) is 29.5 Å². The Balaban J connectivity index is 2.04. The van der Waals surface area contributed by atoms with Gasteiger partial charge < -0.3 is 10.4 Å². The molecule has 1 aromatic rings. The Morgan fingerprint density at radius 1 is 1.22 bits per heavy atom. The van der Waals surface area contributed by atoms with Crippen molar-refractivity contribution < 1.29 is 5.11 Å². The summed E-state index contributed by atoms with van der Waals surface area (Å²) in [6, 6.07) is 7.57. The number of nitrogens with one attached hydrogen (secondary N) is 1. The van der Waals surface area contributed by atoms with Crippen LogP contribution in [0.1, 0.15) is 48.9 Å². The van der Waals surface area contributed by atoms with Crippen LogP contribution in [0.2, 0.25) is 0 Å². The molecule has 0 bridgehead atoms. The lowest BCUT2D eigenvalue weighted by Gasteiger charge is -2.24. The molecule has 100 valence electrons. The van der Waals surface area contributed by atoms with Crippen molar-refractivity contribution in [3.8, 4) is 0 Å². The largest absolute Gasteiger partial charge is 0.396 e. The summed E-state index contributed by atoms with van der Waals surface area (Å²) in [7, 11) is 0. The van der Waals surface area contributed by atoms with Crippen molar-refractivity contribution in [2.45, 2.75) is 52.1 Å². The van der Waals surface area contributed by atoms with E-state index in [1.54, 1.807) is 0 Å². The molecule has 0 radical (unpaired) electrons. The van der Waals surface area contributed by atoms with Gasteiger partial charge in [0.25, 0.3) is 0 Å². The first-order valence-corrected chi connectivity index (χ1v) is 7.05. The normalized spacial score (nSPS) is 25.3. The predicted octanol–water partition coefficient (Wildman–Crippen LogP) is 3.12. The molecule has 0 amide bonds. The van der Waals surface area contributed by atoms with Gasteiger partial charge in [-0.1, -0.05) is 35.7 Å². The van der Waals surface area contributed by atoms with Crippen molar-refractivity contribution in [2.75, 3.05) is 6.61 Å². The molecule has 3 atom stereocenters. The highest BCUT2D eigenvalue weighted by Crippen LogP contribution is 2.28. The molecule has 0 aromatic heterocycles. The van der Waals surface area contributed by atoms with Crippen LogP contribution in [0.5, 0.6) is 0 Å². The van der Waals surface area contributed by atoms with Gasteiger partial charge in [0.2, 0.25) is 0 Å². The summed E-state index contributed by atoms with van der Waals surface area (Å²) in [6.07, 6.45) is 3.59. The molecule has 0 heterocycles. The summed E-state index contributed by atoms with van der Waals surface area (Å²) in [6.45, 7) is 6.84. The van der Waals surface area contributed by atoms with Crippen molar-refractivity contribution in [3.63, 3.8) is 0 Å². The van der Waals surface area contributed by atoms with Gasteiger partial charge in [-0.15, -0.1) is 0 Å². The highest BCUT2D eigenvalue weighted by molar-refractivity contribution is 5.30. The van der Waals surface area contributed by atoms with E-state index in [2.05, 4.69) is 44.3 Å². The Morgan fingerprint density at radius 2 is 1.89 bits per heavy atom. The average molecular weight is 247 g/mol. The highest BCUT2D eigenvalue weighted by atomic mass is 16.3. The zero-order valence-electron chi connectivity index (χ0n) is 11.7. The number of aliphatic hydroxyl groups is 1. The van der Waals surface area contributed by atoms with Crippen molar-refractivity contribution in [1.82, 2.24) is 5.32 Å². The fourth-order valence-electron chi connectivity index (χ4n) is 3.15. The number of hydrogen-bond donors (Lipinski definition) is 2. The maximum atomic E-state index is 9.37. The molecule has 1 aliphatic carbocycles. The Labute approximate surface area is 110 Å². The Hall–Kier alpha value is -0.860. The summed E-state index contributed by atoms with van der Waals surface area (Å²) in [5.41, 5.74) is 4.00. The monoisotopic (exact) mass is 247 g/mol. The van der Waals surface area contributed by atoms with Crippen LogP contribution in [0.4, 0.5) is 0 Å². The lowest BCUT2D eigenvalue weighted by atomic mass is 9.99. The van der Waals surface area contributed by atoms with Crippen LogP contribution in [-0.2, 0) is 0 Å². The molecule has 2 rings (SSSR count). The minimum Gasteiger partial charge on any atom is -0.396 e. The van der Waals surface area contributed by atoms with E-state index in [1.807, 2.05) is 0 Å². The van der Waals surface area contributed by atoms with Crippen molar-refractivity contribution in [2.24, 2.45) is 5.92 Å². The van der Waals surface area contributed by atoms with Crippen LogP contribution in [0.25, 0.3) is 0 Å². The molecule has 18 heavy (non-hydrogen) atoms.